The third-order valence-corrected chi connectivity index (χ3v) is 1.58. The molecule has 0 aromatic heterocycles. The first-order valence-corrected chi connectivity index (χ1v) is 4.17. The van der Waals surface area contributed by atoms with E-state index in [2.05, 4.69) is 0 Å². The van der Waals surface area contributed by atoms with Crippen LogP contribution in [0.2, 0.25) is 0 Å². The van der Waals surface area contributed by atoms with Gasteiger partial charge in [-0.05, 0) is 18.6 Å². The summed E-state index contributed by atoms with van der Waals surface area (Å²) in [5.74, 6) is -1.59. The molecule has 0 amide bonds. The summed E-state index contributed by atoms with van der Waals surface area (Å²) in [5.41, 5.74) is 0. The Labute approximate surface area is 80.5 Å². The standard InChI is InChI=1S/C10H9F2O2/c11-9-4-3-8(7-10(9)12)14-6-2-1-5-13/h3-4,7H,1-2,6H2. The van der Waals surface area contributed by atoms with E-state index >= 15 is 0 Å². The lowest BCUT2D eigenvalue weighted by Crippen LogP contribution is -1.98. The van der Waals surface area contributed by atoms with Gasteiger partial charge in [-0.1, -0.05) is 0 Å². The van der Waals surface area contributed by atoms with Gasteiger partial charge in [0.2, 0.25) is 0 Å². The fourth-order valence-corrected chi connectivity index (χ4v) is 0.901. The number of benzene rings is 1. The summed E-state index contributed by atoms with van der Waals surface area (Å²) < 4.78 is 30.2. The van der Waals surface area contributed by atoms with Gasteiger partial charge >= 0.3 is 0 Å². The Balaban J connectivity index is 2.43. The first kappa shape index (κ1) is 10.6. The number of ether oxygens (including phenoxy) is 1. The Hall–Kier alpha value is -1.45. The maximum atomic E-state index is 12.6. The van der Waals surface area contributed by atoms with Crippen LogP contribution in [-0.2, 0) is 4.79 Å². The third-order valence-electron chi connectivity index (χ3n) is 1.58. The van der Waals surface area contributed by atoms with Crippen LogP contribution in [0.5, 0.6) is 5.75 Å². The Morgan fingerprint density at radius 2 is 2.07 bits per heavy atom. The Morgan fingerprint density at radius 1 is 1.29 bits per heavy atom. The van der Waals surface area contributed by atoms with Crippen LogP contribution in [0.15, 0.2) is 18.2 Å². The highest BCUT2D eigenvalue weighted by Crippen LogP contribution is 2.15. The summed E-state index contributed by atoms with van der Waals surface area (Å²) in [4.78, 5) is 9.82. The van der Waals surface area contributed by atoms with Crippen molar-refractivity contribution in [2.24, 2.45) is 0 Å². The van der Waals surface area contributed by atoms with Crippen LogP contribution >= 0.6 is 0 Å². The fraction of sp³-hybridized carbons (Fsp3) is 0.300. The summed E-state index contributed by atoms with van der Waals surface area (Å²) in [6.07, 6.45) is 2.51. The molecule has 1 radical (unpaired) electrons. The average Bonchev–Trinajstić information content (AvgIpc) is 2.18. The summed E-state index contributed by atoms with van der Waals surface area (Å²) in [7, 11) is 0. The number of halogens is 2. The van der Waals surface area contributed by atoms with Crippen molar-refractivity contribution in [1.29, 1.82) is 0 Å². The SMILES string of the molecule is O=[C]CCCOc1ccc(F)c(F)c1. The van der Waals surface area contributed by atoms with Crippen molar-refractivity contribution in [1.82, 2.24) is 0 Å². The van der Waals surface area contributed by atoms with Crippen LogP contribution in [0.1, 0.15) is 12.8 Å². The molecule has 0 N–H and O–H groups in total. The lowest BCUT2D eigenvalue weighted by molar-refractivity contribution is 0.310. The molecule has 1 rings (SSSR count). The first-order valence-electron chi connectivity index (χ1n) is 4.17. The minimum Gasteiger partial charge on any atom is -0.493 e. The molecule has 1 aromatic rings. The molecule has 0 aliphatic carbocycles. The summed E-state index contributed by atoms with van der Waals surface area (Å²) in [5, 5.41) is 0. The molecule has 0 saturated heterocycles. The number of carbonyl (C=O) groups excluding carboxylic acids is 1. The predicted octanol–water partition coefficient (Wildman–Crippen LogP) is 2.23. The fourth-order valence-electron chi connectivity index (χ4n) is 0.901. The number of hydrogen-bond donors (Lipinski definition) is 0. The van der Waals surface area contributed by atoms with Crippen molar-refractivity contribution in [3.8, 4) is 5.75 Å². The zero-order valence-electron chi connectivity index (χ0n) is 7.43. The van der Waals surface area contributed by atoms with E-state index in [9.17, 15) is 13.6 Å². The molecular weight excluding hydrogens is 190 g/mol. The van der Waals surface area contributed by atoms with Crippen LogP contribution in [0, 0.1) is 11.6 Å². The lowest BCUT2D eigenvalue weighted by atomic mass is 10.3. The molecule has 2 nitrogen and oxygen atoms in total. The van der Waals surface area contributed by atoms with Gasteiger partial charge < -0.3 is 4.74 Å². The number of hydrogen-bond acceptors (Lipinski definition) is 2. The highest BCUT2D eigenvalue weighted by molar-refractivity contribution is 5.50. The summed E-state index contributed by atoms with van der Waals surface area (Å²) >= 11 is 0. The second-order valence-corrected chi connectivity index (χ2v) is 2.67. The zero-order valence-corrected chi connectivity index (χ0v) is 7.43. The van der Waals surface area contributed by atoms with Crippen molar-refractivity contribution in [3.63, 3.8) is 0 Å². The van der Waals surface area contributed by atoms with Crippen molar-refractivity contribution in [3.05, 3.63) is 29.8 Å². The maximum Gasteiger partial charge on any atom is 0.198 e. The molecule has 0 aliphatic rings. The van der Waals surface area contributed by atoms with E-state index in [1.54, 1.807) is 6.29 Å². The molecule has 0 spiro atoms. The zero-order chi connectivity index (χ0) is 10.4. The largest absolute Gasteiger partial charge is 0.493 e. The van der Waals surface area contributed by atoms with Crippen LogP contribution in [0.3, 0.4) is 0 Å². The molecule has 0 bridgehead atoms. The molecule has 0 unspecified atom stereocenters. The van der Waals surface area contributed by atoms with Crippen LogP contribution in [-0.4, -0.2) is 12.9 Å². The number of rotatable bonds is 5. The summed E-state index contributed by atoms with van der Waals surface area (Å²) in [6.45, 7) is 0.292. The van der Waals surface area contributed by atoms with Gasteiger partial charge in [0.25, 0.3) is 0 Å². The quantitative estimate of drug-likeness (QED) is 0.680. The molecule has 0 saturated carbocycles. The second-order valence-electron chi connectivity index (χ2n) is 2.67. The van der Waals surface area contributed by atoms with E-state index in [0.29, 0.717) is 13.0 Å². The molecule has 0 atom stereocenters. The molecule has 14 heavy (non-hydrogen) atoms. The van der Waals surface area contributed by atoms with E-state index in [1.165, 1.54) is 6.07 Å². The Morgan fingerprint density at radius 3 is 2.71 bits per heavy atom. The van der Waals surface area contributed by atoms with Gasteiger partial charge in [-0.3, -0.25) is 4.79 Å². The molecule has 75 valence electrons. The Bertz CT molecular complexity index is 313. The van der Waals surface area contributed by atoms with Crippen LogP contribution < -0.4 is 4.74 Å². The summed E-state index contributed by atoms with van der Waals surface area (Å²) in [6, 6.07) is 3.31. The molecule has 1 aromatic carbocycles. The highest BCUT2D eigenvalue weighted by Gasteiger charge is 2.02. The number of unbranched alkanes of at least 4 members (excludes halogenated alkanes) is 1. The molecular formula is C10H9F2O2. The smallest absolute Gasteiger partial charge is 0.198 e. The van der Waals surface area contributed by atoms with Gasteiger partial charge in [0.1, 0.15) is 5.75 Å². The van der Waals surface area contributed by atoms with Gasteiger partial charge in [-0.25, -0.2) is 8.78 Å². The minimum atomic E-state index is -0.940. The van der Waals surface area contributed by atoms with E-state index in [0.717, 1.165) is 12.1 Å². The van der Waals surface area contributed by atoms with E-state index in [1.807, 2.05) is 0 Å². The molecule has 0 aliphatic heterocycles. The van der Waals surface area contributed by atoms with Gasteiger partial charge in [0.15, 0.2) is 17.9 Å². The average molecular weight is 199 g/mol. The van der Waals surface area contributed by atoms with E-state index in [-0.39, 0.29) is 12.2 Å². The monoisotopic (exact) mass is 199 g/mol. The molecule has 4 heteroatoms. The van der Waals surface area contributed by atoms with Crippen LogP contribution in [0.25, 0.3) is 0 Å². The lowest BCUT2D eigenvalue weighted by Gasteiger charge is -2.04. The predicted molar refractivity (Wildman–Crippen MR) is 46.8 cm³/mol. The third kappa shape index (κ3) is 3.12. The van der Waals surface area contributed by atoms with Crippen molar-refractivity contribution in [2.45, 2.75) is 12.8 Å². The van der Waals surface area contributed by atoms with Crippen molar-refractivity contribution < 1.29 is 18.3 Å². The van der Waals surface area contributed by atoms with Crippen molar-refractivity contribution in [2.75, 3.05) is 6.61 Å². The van der Waals surface area contributed by atoms with Gasteiger partial charge in [0.05, 0.1) is 6.61 Å². The van der Waals surface area contributed by atoms with Gasteiger partial charge in [-0.2, -0.15) is 0 Å². The highest BCUT2D eigenvalue weighted by atomic mass is 19.2. The van der Waals surface area contributed by atoms with E-state index in [4.69, 9.17) is 4.74 Å². The second kappa shape index (κ2) is 5.32. The normalized spacial score (nSPS) is 9.86. The molecule has 0 heterocycles. The molecule has 0 fully saturated rings. The van der Waals surface area contributed by atoms with Gasteiger partial charge in [0, 0.05) is 12.5 Å². The Kier molecular flexibility index (Phi) is 4.04. The maximum absolute atomic E-state index is 12.6. The van der Waals surface area contributed by atoms with Crippen LogP contribution in [0.4, 0.5) is 8.78 Å². The van der Waals surface area contributed by atoms with Crippen molar-refractivity contribution >= 4 is 6.29 Å². The first-order chi connectivity index (χ1) is 6.74. The van der Waals surface area contributed by atoms with E-state index < -0.39 is 11.6 Å². The topological polar surface area (TPSA) is 26.3 Å². The minimum absolute atomic E-state index is 0.259. The van der Waals surface area contributed by atoms with Gasteiger partial charge in [-0.15, -0.1) is 0 Å².